The number of pyridine rings is 2. The lowest BCUT2D eigenvalue weighted by atomic mass is 10.0. The van der Waals surface area contributed by atoms with Crippen LogP contribution < -0.4 is 22.1 Å². The van der Waals surface area contributed by atoms with E-state index < -0.39 is 0 Å². The summed E-state index contributed by atoms with van der Waals surface area (Å²) in [5, 5.41) is 9.68. The van der Waals surface area contributed by atoms with E-state index in [1.54, 1.807) is 18.5 Å². The highest BCUT2D eigenvalue weighted by molar-refractivity contribution is 5.94. The molecule has 9 nitrogen and oxygen atoms in total. The van der Waals surface area contributed by atoms with Gasteiger partial charge < -0.3 is 16.0 Å². The number of hydrogen-bond acceptors (Lipinski definition) is 5. The van der Waals surface area contributed by atoms with E-state index in [0.717, 1.165) is 22.3 Å². The first kappa shape index (κ1) is 21.7. The molecule has 0 unspecified atom stereocenters. The van der Waals surface area contributed by atoms with E-state index in [1.807, 2.05) is 36.4 Å². The molecule has 2 aromatic heterocycles. The van der Waals surface area contributed by atoms with E-state index >= 15 is 0 Å². The molecule has 31 heavy (non-hydrogen) atoms. The summed E-state index contributed by atoms with van der Waals surface area (Å²) < 4.78 is 0. The number of guanidine groups is 1. The number of benzene rings is 1. The van der Waals surface area contributed by atoms with E-state index in [9.17, 15) is 9.59 Å². The summed E-state index contributed by atoms with van der Waals surface area (Å²) in [5.41, 5.74) is 11.4. The molecule has 3 aromatic rings. The number of hydrogen-bond donors (Lipinski definition) is 5. The molecule has 9 heteroatoms. The molecular formula is C22H24N6O3. The molecule has 160 valence electrons. The summed E-state index contributed by atoms with van der Waals surface area (Å²) in [4.78, 5) is 35.8. The highest BCUT2D eigenvalue weighted by Crippen LogP contribution is 2.13. The topological polar surface area (TPSA) is 146 Å². The number of carbonyl (C=O) groups is 1. The number of carbonyl (C=O) groups excluding carboxylic acids is 1. The summed E-state index contributed by atoms with van der Waals surface area (Å²) in [7, 11) is 0. The number of H-pyrrole nitrogens is 1. The highest BCUT2D eigenvalue weighted by Gasteiger charge is 2.08. The van der Waals surface area contributed by atoms with Gasteiger partial charge in [-0.05, 0) is 35.2 Å². The zero-order valence-corrected chi connectivity index (χ0v) is 16.9. The molecule has 0 fully saturated rings. The fourth-order valence-electron chi connectivity index (χ4n) is 2.98. The minimum Gasteiger partial charge on any atom is -0.368 e. The fraction of sp³-hybridized carbons (Fsp3) is 0.182. The molecule has 0 saturated carbocycles. The second kappa shape index (κ2) is 10.7. The van der Waals surface area contributed by atoms with Crippen LogP contribution in [0.1, 0.15) is 32.6 Å². The average Bonchev–Trinajstić information content (AvgIpc) is 2.76. The molecule has 0 atom stereocenters. The van der Waals surface area contributed by atoms with Crippen LogP contribution in [-0.2, 0) is 17.7 Å². The van der Waals surface area contributed by atoms with E-state index in [1.165, 1.54) is 6.20 Å². The highest BCUT2D eigenvalue weighted by atomic mass is 16.6. The molecule has 0 aliphatic heterocycles. The fourth-order valence-corrected chi connectivity index (χ4v) is 2.98. The van der Waals surface area contributed by atoms with Gasteiger partial charge in [0.15, 0.2) is 0 Å². The summed E-state index contributed by atoms with van der Waals surface area (Å²) in [5.74, 6) is -0.561. The normalized spacial score (nSPS) is 10.5. The van der Waals surface area contributed by atoms with Crippen molar-refractivity contribution in [1.29, 1.82) is 5.41 Å². The molecule has 1 amide bonds. The third-order valence-corrected chi connectivity index (χ3v) is 4.45. The predicted octanol–water partition coefficient (Wildman–Crippen LogP) is 1.10. The number of rotatable bonds is 9. The molecule has 0 aliphatic rings. The smallest absolute Gasteiger partial charge is 0.252 e. The van der Waals surface area contributed by atoms with Crippen LogP contribution in [0.5, 0.6) is 0 Å². The Morgan fingerprint density at radius 2 is 1.84 bits per heavy atom. The SMILES string of the molecule is N=C(N)NOCCNC(=O)c1cncc(Cc2ccc(Cc3ccc[nH]c3=O)cc2)c1. The van der Waals surface area contributed by atoms with Crippen molar-refractivity contribution in [2.45, 2.75) is 12.8 Å². The van der Waals surface area contributed by atoms with Crippen LogP contribution in [0, 0.1) is 5.41 Å². The maximum Gasteiger partial charge on any atom is 0.252 e. The molecule has 0 bridgehead atoms. The summed E-state index contributed by atoms with van der Waals surface area (Å²) in [6.45, 7) is 0.425. The summed E-state index contributed by atoms with van der Waals surface area (Å²) in [6.07, 6.45) is 6.06. The van der Waals surface area contributed by atoms with Crippen molar-refractivity contribution in [3.8, 4) is 0 Å². The van der Waals surface area contributed by atoms with Crippen LogP contribution >= 0.6 is 0 Å². The first-order valence-corrected chi connectivity index (χ1v) is 9.69. The second-order valence-corrected chi connectivity index (χ2v) is 6.90. The van der Waals surface area contributed by atoms with E-state index in [-0.39, 0.29) is 30.6 Å². The van der Waals surface area contributed by atoms with Gasteiger partial charge in [-0.3, -0.25) is 24.8 Å². The Bertz CT molecular complexity index is 1090. The monoisotopic (exact) mass is 420 g/mol. The average molecular weight is 420 g/mol. The van der Waals surface area contributed by atoms with Gasteiger partial charge in [-0.25, -0.2) is 5.48 Å². The molecule has 6 N–H and O–H groups in total. The first-order chi connectivity index (χ1) is 15.0. The third kappa shape index (κ3) is 6.79. The zero-order chi connectivity index (χ0) is 22.1. The molecule has 0 saturated heterocycles. The van der Waals surface area contributed by atoms with Crippen LogP contribution in [0.15, 0.2) is 65.8 Å². The van der Waals surface area contributed by atoms with Crippen molar-refractivity contribution >= 4 is 11.9 Å². The van der Waals surface area contributed by atoms with E-state index in [2.05, 4.69) is 20.8 Å². The minimum absolute atomic E-state index is 0.0746. The Hall–Kier alpha value is -3.98. The second-order valence-electron chi connectivity index (χ2n) is 6.90. The van der Waals surface area contributed by atoms with Gasteiger partial charge in [-0.1, -0.05) is 30.3 Å². The molecule has 1 aromatic carbocycles. The Morgan fingerprint density at radius 3 is 2.55 bits per heavy atom. The number of nitrogens with zero attached hydrogens (tertiary/aromatic N) is 1. The largest absolute Gasteiger partial charge is 0.368 e. The van der Waals surface area contributed by atoms with Crippen molar-refractivity contribution in [3.05, 3.63) is 99.2 Å². The van der Waals surface area contributed by atoms with Gasteiger partial charge in [0.2, 0.25) is 5.96 Å². The van der Waals surface area contributed by atoms with Gasteiger partial charge in [-0.15, -0.1) is 0 Å². The lowest BCUT2D eigenvalue weighted by Gasteiger charge is -2.08. The predicted molar refractivity (Wildman–Crippen MR) is 117 cm³/mol. The van der Waals surface area contributed by atoms with Gasteiger partial charge >= 0.3 is 0 Å². The molecule has 2 heterocycles. The van der Waals surface area contributed by atoms with Crippen molar-refractivity contribution in [3.63, 3.8) is 0 Å². The van der Waals surface area contributed by atoms with Gasteiger partial charge in [0, 0.05) is 37.1 Å². The van der Waals surface area contributed by atoms with Gasteiger partial charge in [0.1, 0.15) is 0 Å². The third-order valence-electron chi connectivity index (χ3n) is 4.45. The maximum atomic E-state index is 12.3. The van der Waals surface area contributed by atoms with Gasteiger partial charge in [-0.2, -0.15) is 0 Å². The lowest BCUT2D eigenvalue weighted by Crippen LogP contribution is -2.34. The van der Waals surface area contributed by atoms with Crippen molar-refractivity contribution in [2.24, 2.45) is 5.73 Å². The maximum absolute atomic E-state index is 12.3. The quantitative estimate of drug-likeness (QED) is 0.152. The Morgan fingerprint density at radius 1 is 1.10 bits per heavy atom. The van der Waals surface area contributed by atoms with Crippen LogP contribution in [0.25, 0.3) is 0 Å². The van der Waals surface area contributed by atoms with Crippen LogP contribution in [0.4, 0.5) is 0 Å². The van der Waals surface area contributed by atoms with Crippen molar-refractivity contribution < 1.29 is 9.63 Å². The van der Waals surface area contributed by atoms with Crippen LogP contribution in [0.3, 0.4) is 0 Å². The standard InChI is InChI=1S/C22H24N6O3/c23-22(24)28-31-9-8-27-21(30)19-12-17(13-25-14-19)10-15-3-5-16(6-4-15)11-18-2-1-7-26-20(18)29/h1-7,12-14H,8-11H2,(H,26,29)(H,27,30)(H4,23,24,28). The first-order valence-electron chi connectivity index (χ1n) is 9.69. The minimum atomic E-state index is -0.301. The number of aromatic nitrogens is 2. The van der Waals surface area contributed by atoms with Crippen LogP contribution in [0.2, 0.25) is 0 Å². The number of amides is 1. The van der Waals surface area contributed by atoms with Crippen molar-refractivity contribution in [2.75, 3.05) is 13.2 Å². The number of nitrogens with one attached hydrogen (secondary N) is 4. The molecule has 0 aliphatic carbocycles. The molecule has 0 spiro atoms. The zero-order valence-electron chi connectivity index (χ0n) is 16.9. The van der Waals surface area contributed by atoms with Crippen LogP contribution in [-0.4, -0.2) is 35.0 Å². The van der Waals surface area contributed by atoms with E-state index in [4.69, 9.17) is 16.0 Å². The molecular weight excluding hydrogens is 396 g/mol. The van der Waals surface area contributed by atoms with E-state index in [0.29, 0.717) is 18.4 Å². The molecule has 3 rings (SSSR count). The Kier molecular flexibility index (Phi) is 7.50. The number of aromatic amines is 1. The van der Waals surface area contributed by atoms with Gasteiger partial charge in [0.25, 0.3) is 11.5 Å². The summed E-state index contributed by atoms with van der Waals surface area (Å²) in [6, 6.07) is 13.5. The van der Waals surface area contributed by atoms with Gasteiger partial charge in [0.05, 0.1) is 12.2 Å². The lowest BCUT2D eigenvalue weighted by molar-refractivity contribution is 0.0779. The molecule has 0 radical (unpaired) electrons. The summed E-state index contributed by atoms with van der Waals surface area (Å²) >= 11 is 0. The number of nitrogens with two attached hydrogens (primary N) is 1. The Balaban J connectivity index is 1.55. The number of hydroxylamine groups is 1. The Labute approximate surface area is 179 Å². The van der Waals surface area contributed by atoms with Crippen molar-refractivity contribution in [1.82, 2.24) is 20.8 Å².